The molecule has 0 aliphatic heterocycles. The third-order valence-corrected chi connectivity index (χ3v) is 6.77. The van der Waals surface area contributed by atoms with Crippen molar-refractivity contribution >= 4 is 0 Å². The molecule has 1 heteroatoms. The van der Waals surface area contributed by atoms with Gasteiger partial charge in [-0.1, -0.05) is 102 Å². The van der Waals surface area contributed by atoms with E-state index in [-0.39, 0.29) is 0 Å². The van der Waals surface area contributed by atoms with Gasteiger partial charge in [0.2, 0.25) is 0 Å². The molecule has 0 radical (unpaired) electrons. The van der Waals surface area contributed by atoms with Crippen LogP contribution in [0.2, 0.25) is 0 Å². The van der Waals surface area contributed by atoms with Crippen LogP contribution < -0.4 is 0 Å². The molecular weight excluding hydrogens is 302 g/mol. The second-order valence-electron chi connectivity index (χ2n) is 8.63. The van der Waals surface area contributed by atoms with Crippen LogP contribution in [0.15, 0.2) is 24.3 Å². The highest BCUT2D eigenvalue weighted by molar-refractivity contribution is 5.11. The standard InChI is InChI=1S/C24H39N/c1-2-8-21-10-14-23(15-11-21)18-19-24-16-12-22(13-17-24)9-6-4-3-5-7-20-25/h3-5,7,21-24H,2,6,8-19H2,1H3/t21-,22?,23-,24?. The molecule has 0 spiro atoms. The molecule has 2 saturated carbocycles. The largest absolute Gasteiger partial charge is 0.193 e. The lowest BCUT2D eigenvalue weighted by molar-refractivity contribution is 0.210. The smallest absolute Gasteiger partial charge is 0.0912 e. The van der Waals surface area contributed by atoms with Gasteiger partial charge >= 0.3 is 0 Å². The van der Waals surface area contributed by atoms with E-state index >= 15 is 0 Å². The van der Waals surface area contributed by atoms with Crippen LogP contribution >= 0.6 is 0 Å². The predicted octanol–water partition coefficient (Wildman–Crippen LogP) is 7.60. The first-order valence-corrected chi connectivity index (χ1v) is 11.0. The number of rotatable bonds is 9. The van der Waals surface area contributed by atoms with Crippen LogP contribution in [0.25, 0.3) is 0 Å². The molecule has 0 amide bonds. The van der Waals surface area contributed by atoms with Gasteiger partial charge in [0, 0.05) is 6.08 Å². The molecule has 25 heavy (non-hydrogen) atoms. The summed E-state index contributed by atoms with van der Waals surface area (Å²) in [5.74, 6) is 4.09. The maximum Gasteiger partial charge on any atom is 0.0912 e. The number of allylic oxidation sites excluding steroid dienone is 4. The lowest BCUT2D eigenvalue weighted by atomic mass is 9.74. The van der Waals surface area contributed by atoms with Gasteiger partial charge in [0.25, 0.3) is 0 Å². The van der Waals surface area contributed by atoms with E-state index in [0.29, 0.717) is 0 Å². The fraction of sp³-hybridized carbons (Fsp3) is 0.792. The highest BCUT2D eigenvalue weighted by Crippen LogP contribution is 2.38. The molecule has 140 valence electrons. The summed E-state index contributed by atoms with van der Waals surface area (Å²) in [4.78, 5) is 0. The lowest BCUT2D eigenvalue weighted by Gasteiger charge is -2.32. The Hall–Kier alpha value is -1.03. The van der Waals surface area contributed by atoms with Crippen LogP contribution in [0.3, 0.4) is 0 Å². The maximum absolute atomic E-state index is 8.44. The van der Waals surface area contributed by atoms with Crippen molar-refractivity contribution in [3.05, 3.63) is 24.3 Å². The first kappa shape index (κ1) is 20.3. The van der Waals surface area contributed by atoms with E-state index in [4.69, 9.17) is 5.26 Å². The van der Waals surface area contributed by atoms with Crippen LogP contribution in [0.1, 0.15) is 96.8 Å². The SMILES string of the molecule is CCC[C@H]1CC[C@H](CCC2CCC(CCC=CC=CC#N)CC2)CC1. The van der Waals surface area contributed by atoms with Gasteiger partial charge < -0.3 is 0 Å². The van der Waals surface area contributed by atoms with Gasteiger partial charge in [0.05, 0.1) is 6.07 Å². The Balaban J connectivity index is 1.52. The van der Waals surface area contributed by atoms with Crippen molar-refractivity contribution in [3.8, 4) is 6.07 Å². The van der Waals surface area contributed by atoms with Crippen molar-refractivity contribution in [1.82, 2.24) is 0 Å². The molecule has 0 aromatic carbocycles. The summed E-state index contributed by atoms with van der Waals surface area (Å²) in [6.07, 6.45) is 27.9. The third-order valence-electron chi connectivity index (χ3n) is 6.77. The summed E-state index contributed by atoms with van der Waals surface area (Å²) in [6, 6.07) is 2.02. The zero-order valence-corrected chi connectivity index (χ0v) is 16.5. The quantitative estimate of drug-likeness (QED) is 0.313. The monoisotopic (exact) mass is 341 g/mol. The van der Waals surface area contributed by atoms with Crippen LogP contribution in [-0.4, -0.2) is 0 Å². The summed E-state index contributed by atoms with van der Waals surface area (Å²) in [7, 11) is 0. The van der Waals surface area contributed by atoms with E-state index in [2.05, 4.69) is 13.0 Å². The van der Waals surface area contributed by atoms with E-state index in [0.717, 1.165) is 23.7 Å². The summed E-state index contributed by atoms with van der Waals surface area (Å²) in [5, 5.41) is 8.44. The summed E-state index contributed by atoms with van der Waals surface area (Å²) in [6.45, 7) is 2.34. The van der Waals surface area contributed by atoms with E-state index in [1.165, 1.54) is 96.0 Å². The van der Waals surface area contributed by atoms with Gasteiger partial charge in [-0.05, 0) is 36.5 Å². The first-order chi connectivity index (χ1) is 12.3. The summed E-state index contributed by atoms with van der Waals surface area (Å²) < 4.78 is 0. The summed E-state index contributed by atoms with van der Waals surface area (Å²) >= 11 is 0. The lowest BCUT2D eigenvalue weighted by Crippen LogP contribution is -2.18. The molecule has 2 fully saturated rings. The highest BCUT2D eigenvalue weighted by Gasteiger charge is 2.24. The molecule has 2 rings (SSSR count). The van der Waals surface area contributed by atoms with E-state index in [1.807, 2.05) is 18.2 Å². The Labute approximate surface area is 156 Å². The molecular formula is C24H39N. The van der Waals surface area contributed by atoms with Crippen molar-refractivity contribution in [2.45, 2.75) is 96.8 Å². The molecule has 0 bridgehead atoms. The minimum atomic E-state index is 0.949. The van der Waals surface area contributed by atoms with Gasteiger partial charge in [-0.3, -0.25) is 0 Å². The van der Waals surface area contributed by atoms with E-state index in [1.54, 1.807) is 0 Å². The molecule has 0 N–H and O–H groups in total. The molecule has 0 aromatic rings. The second kappa shape index (κ2) is 12.3. The van der Waals surface area contributed by atoms with E-state index in [9.17, 15) is 0 Å². The Bertz CT molecular complexity index is 426. The van der Waals surface area contributed by atoms with Gasteiger partial charge in [-0.2, -0.15) is 5.26 Å². The van der Waals surface area contributed by atoms with Crippen LogP contribution in [0, 0.1) is 35.0 Å². The van der Waals surface area contributed by atoms with Crippen molar-refractivity contribution in [2.24, 2.45) is 23.7 Å². The number of hydrogen-bond acceptors (Lipinski definition) is 1. The van der Waals surface area contributed by atoms with Crippen molar-refractivity contribution < 1.29 is 0 Å². The topological polar surface area (TPSA) is 23.8 Å². The van der Waals surface area contributed by atoms with Crippen LogP contribution in [0.4, 0.5) is 0 Å². The minimum Gasteiger partial charge on any atom is -0.193 e. The Kier molecular flexibility index (Phi) is 10.0. The summed E-state index contributed by atoms with van der Waals surface area (Å²) in [5.41, 5.74) is 0. The molecule has 0 aromatic heterocycles. The minimum absolute atomic E-state index is 0.949. The van der Waals surface area contributed by atoms with Gasteiger partial charge in [-0.15, -0.1) is 0 Å². The Morgan fingerprint density at radius 1 is 0.720 bits per heavy atom. The fourth-order valence-corrected chi connectivity index (χ4v) is 5.10. The second-order valence-corrected chi connectivity index (χ2v) is 8.63. The van der Waals surface area contributed by atoms with Crippen molar-refractivity contribution in [3.63, 3.8) is 0 Å². The molecule has 0 saturated heterocycles. The normalized spacial score (nSPS) is 30.7. The molecule has 2 aliphatic rings. The zero-order valence-electron chi connectivity index (χ0n) is 16.5. The first-order valence-electron chi connectivity index (χ1n) is 11.0. The molecule has 1 nitrogen and oxygen atoms in total. The zero-order chi connectivity index (χ0) is 17.7. The van der Waals surface area contributed by atoms with Crippen molar-refractivity contribution in [2.75, 3.05) is 0 Å². The number of nitrogens with zero attached hydrogens (tertiary/aromatic N) is 1. The van der Waals surface area contributed by atoms with Gasteiger partial charge in [-0.25, -0.2) is 0 Å². The van der Waals surface area contributed by atoms with Gasteiger partial charge in [0.1, 0.15) is 0 Å². The van der Waals surface area contributed by atoms with Gasteiger partial charge in [0.15, 0.2) is 0 Å². The molecule has 0 heterocycles. The third kappa shape index (κ3) is 8.26. The number of nitriles is 1. The van der Waals surface area contributed by atoms with E-state index < -0.39 is 0 Å². The predicted molar refractivity (Wildman–Crippen MR) is 108 cm³/mol. The molecule has 0 atom stereocenters. The highest BCUT2D eigenvalue weighted by atomic mass is 14.3. The van der Waals surface area contributed by atoms with Crippen LogP contribution in [-0.2, 0) is 0 Å². The maximum atomic E-state index is 8.44. The average molecular weight is 342 g/mol. The average Bonchev–Trinajstić information content (AvgIpc) is 2.65. The molecule has 0 unspecified atom stereocenters. The van der Waals surface area contributed by atoms with Crippen molar-refractivity contribution in [1.29, 1.82) is 5.26 Å². The van der Waals surface area contributed by atoms with Crippen LogP contribution in [0.5, 0.6) is 0 Å². The number of hydrogen-bond donors (Lipinski definition) is 0. The molecule has 2 aliphatic carbocycles. The fourth-order valence-electron chi connectivity index (χ4n) is 5.10. The Morgan fingerprint density at radius 3 is 1.68 bits per heavy atom. The Morgan fingerprint density at radius 2 is 1.20 bits per heavy atom.